The number of hydrogen-bond acceptors (Lipinski definition) is 5. The predicted molar refractivity (Wildman–Crippen MR) is 55.7 cm³/mol. The van der Waals surface area contributed by atoms with Crippen molar-refractivity contribution >= 4 is 11.6 Å². The molecule has 0 aromatic heterocycles. The van der Waals surface area contributed by atoms with Crippen LogP contribution in [0.15, 0.2) is 12.1 Å². The number of carbonyl (C=O) groups is 2. The molecule has 0 unspecified atom stereocenters. The Morgan fingerprint density at radius 2 is 1.44 bits per heavy atom. The van der Waals surface area contributed by atoms with E-state index in [1.165, 1.54) is 12.1 Å². The summed E-state index contributed by atoms with van der Waals surface area (Å²) in [5.74, 6) is -1.84. The number of aliphatic hydroxyl groups excluding tert-OH is 2. The Labute approximate surface area is 92.0 Å². The standard InChI is InChI=1S/C11H12O5/c1-6-2-7(9(14)4-12)11(16)8(3-6)10(15)5-13/h2-3,12-13,16H,4-5H2,1H3. The molecule has 86 valence electrons. The molecule has 0 amide bonds. The number of phenolic OH excluding ortho intramolecular Hbond substituents is 1. The summed E-state index contributed by atoms with van der Waals surface area (Å²) in [6, 6.07) is 2.75. The molecule has 1 aromatic rings. The number of aryl methyl sites for hydroxylation is 1. The van der Waals surface area contributed by atoms with Crippen LogP contribution in [0.4, 0.5) is 0 Å². The Kier molecular flexibility index (Phi) is 3.76. The normalized spacial score (nSPS) is 10.2. The van der Waals surface area contributed by atoms with Gasteiger partial charge in [-0.2, -0.15) is 0 Å². The van der Waals surface area contributed by atoms with Crippen molar-refractivity contribution in [2.75, 3.05) is 13.2 Å². The molecule has 3 N–H and O–H groups in total. The quantitative estimate of drug-likeness (QED) is 0.628. The van der Waals surface area contributed by atoms with Crippen molar-refractivity contribution in [3.63, 3.8) is 0 Å². The predicted octanol–water partition coefficient (Wildman–Crippen LogP) is 0.0506. The van der Waals surface area contributed by atoms with Crippen LogP contribution in [0.3, 0.4) is 0 Å². The first kappa shape index (κ1) is 12.4. The van der Waals surface area contributed by atoms with E-state index in [1.807, 2.05) is 0 Å². The minimum Gasteiger partial charge on any atom is -0.506 e. The zero-order chi connectivity index (χ0) is 12.3. The minimum atomic E-state index is -0.746. The van der Waals surface area contributed by atoms with Crippen molar-refractivity contribution in [1.29, 1.82) is 0 Å². The number of rotatable bonds is 4. The molecule has 0 aliphatic heterocycles. The van der Waals surface area contributed by atoms with Crippen molar-refractivity contribution in [3.8, 4) is 5.75 Å². The summed E-state index contributed by atoms with van der Waals surface area (Å²) in [5.41, 5.74) is 0.366. The van der Waals surface area contributed by atoms with Gasteiger partial charge in [-0.25, -0.2) is 0 Å². The van der Waals surface area contributed by atoms with Crippen LogP contribution in [0.2, 0.25) is 0 Å². The van der Waals surface area contributed by atoms with Gasteiger partial charge in [0.2, 0.25) is 0 Å². The summed E-state index contributed by atoms with van der Waals surface area (Å²) < 4.78 is 0. The molecule has 0 spiro atoms. The maximum atomic E-state index is 11.3. The highest BCUT2D eigenvalue weighted by molar-refractivity contribution is 6.06. The third kappa shape index (κ3) is 2.26. The highest BCUT2D eigenvalue weighted by Crippen LogP contribution is 2.25. The molecule has 0 aliphatic carbocycles. The molecule has 1 rings (SSSR count). The molecular formula is C11H12O5. The fourth-order valence-corrected chi connectivity index (χ4v) is 1.37. The molecule has 0 heterocycles. The van der Waals surface area contributed by atoms with E-state index in [0.29, 0.717) is 5.56 Å². The van der Waals surface area contributed by atoms with Gasteiger partial charge in [0.1, 0.15) is 19.0 Å². The van der Waals surface area contributed by atoms with Gasteiger partial charge in [-0.05, 0) is 24.6 Å². The first-order valence-corrected chi connectivity index (χ1v) is 4.63. The Morgan fingerprint density at radius 3 is 1.75 bits per heavy atom. The molecule has 0 saturated carbocycles. The van der Waals surface area contributed by atoms with E-state index in [2.05, 4.69) is 0 Å². The van der Waals surface area contributed by atoms with Gasteiger partial charge >= 0.3 is 0 Å². The molecule has 0 atom stereocenters. The van der Waals surface area contributed by atoms with E-state index in [9.17, 15) is 14.7 Å². The van der Waals surface area contributed by atoms with E-state index >= 15 is 0 Å². The summed E-state index contributed by atoms with van der Waals surface area (Å²) in [6.07, 6.45) is 0. The molecule has 0 aliphatic rings. The molecule has 1 aromatic carbocycles. The number of aliphatic hydroxyl groups is 2. The number of benzene rings is 1. The summed E-state index contributed by atoms with van der Waals surface area (Å²) in [7, 11) is 0. The Hall–Kier alpha value is -1.72. The van der Waals surface area contributed by atoms with Crippen LogP contribution < -0.4 is 0 Å². The van der Waals surface area contributed by atoms with Gasteiger partial charge in [0.25, 0.3) is 0 Å². The van der Waals surface area contributed by atoms with Crippen molar-refractivity contribution < 1.29 is 24.9 Å². The van der Waals surface area contributed by atoms with Crippen LogP contribution in [0.5, 0.6) is 5.75 Å². The summed E-state index contributed by atoms with van der Waals surface area (Å²) in [4.78, 5) is 22.5. The fraction of sp³-hybridized carbons (Fsp3) is 0.273. The van der Waals surface area contributed by atoms with Crippen LogP contribution in [-0.4, -0.2) is 40.1 Å². The Balaban J connectivity index is 3.37. The topological polar surface area (TPSA) is 94.8 Å². The van der Waals surface area contributed by atoms with E-state index in [1.54, 1.807) is 6.92 Å². The highest BCUT2D eigenvalue weighted by atomic mass is 16.3. The van der Waals surface area contributed by atoms with Gasteiger partial charge in [0, 0.05) is 0 Å². The smallest absolute Gasteiger partial charge is 0.191 e. The second-order valence-corrected chi connectivity index (χ2v) is 3.37. The van der Waals surface area contributed by atoms with E-state index < -0.39 is 30.5 Å². The third-order valence-electron chi connectivity index (χ3n) is 2.14. The molecule has 0 radical (unpaired) electrons. The minimum absolute atomic E-state index is 0.112. The maximum absolute atomic E-state index is 11.3. The second-order valence-electron chi connectivity index (χ2n) is 3.37. The van der Waals surface area contributed by atoms with Crippen molar-refractivity contribution in [2.24, 2.45) is 0 Å². The van der Waals surface area contributed by atoms with Crippen molar-refractivity contribution in [1.82, 2.24) is 0 Å². The Bertz CT molecular complexity index is 399. The van der Waals surface area contributed by atoms with E-state index in [4.69, 9.17) is 10.2 Å². The van der Waals surface area contributed by atoms with Crippen LogP contribution in [-0.2, 0) is 0 Å². The number of Topliss-reactive ketones (excluding diaryl/α,β-unsaturated/α-hetero) is 2. The van der Waals surface area contributed by atoms with Gasteiger partial charge in [0.15, 0.2) is 11.6 Å². The first-order valence-electron chi connectivity index (χ1n) is 4.63. The zero-order valence-corrected chi connectivity index (χ0v) is 8.73. The lowest BCUT2D eigenvalue weighted by atomic mass is 9.99. The van der Waals surface area contributed by atoms with Crippen LogP contribution >= 0.6 is 0 Å². The largest absolute Gasteiger partial charge is 0.506 e. The Morgan fingerprint density at radius 1 is 1.06 bits per heavy atom. The molecule has 5 heteroatoms. The SMILES string of the molecule is Cc1cc(C(=O)CO)c(O)c(C(=O)CO)c1. The lowest BCUT2D eigenvalue weighted by molar-refractivity contribution is 0.0896. The summed E-state index contributed by atoms with van der Waals surface area (Å²) in [6.45, 7) is 0.148. The van der Waals surface area contributed by atoms with Crippen molar-refractivity contribution in [2.45, 2.75) is 6.92 Å². The first-order chi connectivity index (χ1) is 7.51. The number of carbonyl (C=O) groups excluding carboxylic acids is 2. The van der Waals surface area contributed by atoms with E-state index in [0.717, 1.165) is 0 Å². The average molecular weight is 224 g/mol. The zero-order valence-electron chi connectivity index (χ0n) is 8.73. The van der Waals surface area contributed by atoms with Gasteiger partial charge < -0.3 is 15.3 Å². The highest BCUT2D eigenvalue weighted by Gasteiger charge is 2.18. The number of aromatic hydroxyl groups is 1. The molecular weight excluding hydrogens is 212 g/mol. The average Bonchev–Trinajstić information content (AvgIpc) is 2.29. The molecule has 0 bridgehead atoms. The molecule has 16 heavy (non-hydrogen) atoms. The summed E-state index contributed by atoms with van der Waals surface area (Å²) in [5, 5.41) is 27.0. The molecule has 0 fully saturated rings. The lowest BCUT2D eigenvalue weighted by Crippen LogP contribution is -2.10. The monoisotopic (exact) mass is 224 g/mol. The summed E-state index contributed by atoms with van der Waals surface area (Å²) >= 11 is 0. The lowest BCUT2D eigenvalue weighted by Gasteiger charge is -2.08. The second kappa shape index (κ2) is 4.87. The van der Waals surface area contributed by atoms with Gasteiger partial charge in [-0.3, -0.25) is 9.59 Å². The fourth-order valence-electron chi connectivity index (χ4n) is 1.37. The van der Waals surface area contributed by atoms with Crippen LogP contribution in [0.25, 0.3) is 0 Å². The maximum Gasteiger partial charge on any atom is 0.191 e. The van der Waals surface area contributed by atoms with Gasteiger partial charge in [0.05, 0.1) is 11.1 Å². The van der Waals surface area contributed by atoms with Crippen LogP contribution in [0.1, 0.15) is 26.3 Å². The van der Waals surface area contributed by atoms with Gasteiger partial charge in [-0.1, -0.05) is 0 Å². The number of ketones is 2. The number of hydrogen-bond donors (Lipinski definition) is 3. The number of phenols is 1. The third-order valence-corrected chi connectivity index (χ3v) is 2.14. The van der Waals surface area contributed by atoms with E-state index in [-0.39, 0.29) is 11.1 Å². The molecule has 0 saturated heterocycles. The molecule has 5 nitrogen and oxygen atoms in total. The van der Waals surface area contributed by atoms with Crippen molar-refractivity contribution in [3.05, 3.63) is 28.8 Å². The van der Waals surface area contributed by atoms with Gasteiger partial charge in [-0.15, -0.1) is 0 Å². The van der Waals surface area contributed by atoms with Crippen LogP contribution in [0, 0.1) is 6.92 Å².